The number of hydrogen-bond donors (Lipinski definition) is 5. The van der Waals surface area contributed by atoms with Gasteiger partial charge in [-0.2, -0.15) is 13.2 Å². The third kappa shape index (κ3) is 8.25. The van der Waals surface area contributed by atoms with Gasteiger partial charge in [-0.1, -0.05) is 36.4 Å². The predicted octanol–water partition coefficient (Wildman–Crippen LogP) is 2.53. The lowest BCUT2D eigenvalue weighted by molar-refractivity contribution is -0.898. The first-order valence-corrected chi connectivity index (χ1v) is 14.1. The van der Waals surface area contributed by atoms with E-state index >= 15 is 0 Å². The number of likely N-dealkylation sites (tertiary alicyclic amines) is 1. The summed E-state index contributed by atoms with van der Waals surface area (Å²) in [5, 5.41) is 6.33. The summed E-state index contributed by atoms with van der Waals surface area (Å²) >= 11 is 0. The molecule has 1 saturated heterocycles. The van der Waals surface area contributed by atoms with Crippen LogP contribution in [-0.2, 0) is 22.2 Å². The number of rotatable bonds is 11. The van der Waals surface area contributed by atoms with Crippen molar-refractivity contribution in [2.45, 2.75) is 56.0 Å². The maximum atomic E-state index is 13.3. The highest BCUT2D eigenvalue weighted by Crippen LogP contribution is 2.30. The summed E-state index contributed by atoms with van der Waals surface area (Å²) in [5.41, 5.74) is 19.2. The van der Waals surface area contributed by atoms with Crippen molar-refractivity contribution in [3.63, 3.8) is 0 Å². The average molecular weight is 587 g/mol. The Bertz CT molecular complexity index is 1390. The number of benzene rings is 2. The molecule has 8 N–H and O–H groups in total. The number of nitrogens with zero attached hydrogens (tertiary/aromatic N) is 2. The Balaban J connectivity index is 1.42. The molecule has 2 heterocycles. The molecule has 1 aromatic heterocycles. The Morgan fingerprint density at radius 3 is 2.45 bits per heavy atom. The van der Waals surface area contributed by atoms with Crippen LogP contribution in [0.2, 0.25) is 0 Å². The quantitative estimate of drug-likeness (QED) is 0.218. The van der Waals surface area contributed by atoms with Crippen molar-refractivity contribution in [1.29, 1.82) is 0 Å². The first-order valence-electron chi connectivity index (χ1n) is 14.1. The molecule has 2 amide bonds. The van der Waals surface area contributed by atoms with Crippen LogP contribution in [0.5, 0.6) is 0 Å². The number of fused-ring (bicyclic) bond motifs is 1. The molecule has 2 aromatic carbocycles. The molecule has 12 heteroatoms. The Labute approximate surface area is 243 Å². The standard InChI is InChI=1S/C30H38F3N7O2/c1-40(17-24(35)25(36)18-40)13-5-9-23(34)28(41)39-27(12-11-19-6-4-8-21(14-19)30(31,32)33)29(42)38-22-15-20-7-2-3-10-26(20)37-16-22/h2-4,6-8,10,14-16,23-25,27H,5,9,11-13,17-18,34-36H2,1H3,(H-,38,39,41,42)/p+1/t23-,24-,25-,27-/m0/s1. The molecule has 1 aliphatic heterocycles. The van der Waals surface area contributed by atoms with Crippen LogP contribution >= 0.6 is 0 Å². The molecular weight excluding hydrogens is 547 g/mol. The third-order valence-corrected chi connectivity index (χ3v) is 7.87. The predicted molar refractivity (Wildman–Crippen MR) is 156 cm³/mol. The summed E-state index contributed by atoms with van der Waals surface area (Å²) in [6.45, 7) is 2.27. The number of carbonyl (C=O) groups excluding carboxylic acids is 2. The number of carbonyl (C=O) groups is 2. The Hall–Kier alpha value is -3.58. The highest BCUT2D eigenvalue weighted by Gasteiger charge is 2.38. The largest absolute Gasteiger partial charge is 0.416 e. The summed E-state index contributed by atoms with van der Waals surface area (Å²) in [6.07, 6.45) is -1.73. The van der Waals surface area contributed by atoms with Crippen molar-refractivity contribution in [3.8, 4) is 0 Å². The zero-order valence-corrected chi connectivity index (χ0v) is 23.6. The van der Waals surface area contributed by atoms with Gasteiger partial charge in [-0.3, -0.25) is 14.6 Å². The van der Waals surface area contributed by atoms with E-state index in [2.05, 4.69) is 22.7 Å². The van der Waals surface area contributed by atoms with Crippen LogP contribution in [-0.4, -0.2) is 72.1 Å². The Kier molecular flexibility index (Phi) is 9.82. The van der Waals surface area contributed by atoms with E-state index in [1.54, 1.807) is 12.1 Å². The second-order valence-electron chi connectivity index (χ2n) is 11.5. The van der Waals surface area contributed by atoms with Gasteiger partial charge in [0.1, 0.15) is 6.04 Å². The maximum absolute atomic E-state index is 13.3. The smallest absolute Gasteiger partial charge is 0.343 e. The van der Waals surface area contributed by atoms with Crippen LogP contribution in [0.4, 0.5) is 18.9 Å². The van der Waals surface area contributed by atoms with E-state index in [9.17, 15) is 22.8 Å². The minimum absolute atomic E-state index is 0.0668. The SMILES string of the molecule is C[N+]1(CCC[C@H](N)C(=O)N[C@@H](CCc2cccc(C(F)(F)F)c2)C(=O)Nc2cnc3ccccc3c2)C[C@H](N)[C@@H](N)C1. The van der Waals surface area contributed by atoms with E-state index in [4.69, 9.17) is 17.2 Å². The highest BCUT2D eigenvalue weighted by atomic mass is 19.4. The lowest BCUT2D eigenvalue weighted by Gasteiger charge is -2.30. The highest BCUT2D eigenvalue weighted by molar-refractivity contribution is 5.98. The van der Waals surface area contributed by atoms with Crippen molar-refractivity contribution in [3.05, 3.63) is 71.9 Å². The molecular formula is C30H39F3N7O2+. The van der Waals surface area contributed by atoms with Gasteiger partial charge in [-0.15, -0.1) is 0 Å². The summed E-state index contributed by atoms with van der Waals surface area (Å²) < 4.78 is 40.4. The Morgan fingerprint density at radius 2 is 1.74 bits per heavy atom. The fourth-order valence-corrected chi connectivity index (χ4v) is 5.50. The first kappa shape index (κ1) is 31.4. The number of likely N-dealkylation sites (N-methyl/N-ethyl adjacent to an activating group) is 1. The molecule has 0 saturated carbocycles. The number of para-hydroxylation sites is 1. The van der Waals surface area contributed by atoms with Gasteiger partial charge in [-0.25, -0.2) is 0 Å². The number of halogens is 3. The maximum Gasteiger partial charge on any atom is 0.416 e. The van der Waals surface area contributed by atoms with Crippen LogP contribution < -0.4 is 27.8 Å². The van der Waals surface area contributed by atoms with Crippen LogP contribution in [0.15, 0.2) is 60.8 Å². The van der Waals surface area contributed by atoms with E-state index in [1.807, 2.05) is 24.3 Å². The number of alkyl halides is 3. The van der Waals surface area contributed by atoms with Crippen molar-refractivity contribution >= 4 is 28.4 Å². The molecule has 226 valence electrons. The van der Waals surface area contributed by atoms with Gasteiger partial charge in [0, 0.05) is 5.39 Å². The van der Waals surface area contributed by atoms with Gasteiger partial charge >= 0.3 is 6.18 Å². The van der Waals surface area contributed by atoms with Crippen molar-refractivity contribution in [2.75, 3.05) is 32.0 Å². The normalized spacial score (nSPS) is 19.8. The molecule has 1 aliphatic rings. The van der Waals surface area contributed by atoms with Gasteiger partial charge in [0.2, 0.25) is 11.8 Å². The molecule has 0 spiro atoms. The van der Waals surface area contributed by atoms with Crippen LogP contribution in [0.1, 0.15) is 30.4 Å². The van der Waals surface area contributed by atoms with E-state index < -0.39 is 35.6 Å². The van der Waals surface area contributed by atoms with Crippen molar-refractivity contribution in [1.82, 2.24) is 10.3 Å². The summed E-state index contributed by atoms with van der Waals surface area (Å²) in [5.74, 6) is -1.02. The number of hydrogen-bond acceptors (Lipinski definition) is 6. The molecule has 1 fully saturated rings. The number of nitrogens with one attached hydrogen (secondary N) is 2. The molecule has 4 atom stereocenters. The summed E-state index contributed by atoms with van der Waals surface area (Å²) in [6, 6.07) is 12.1. The van der Waals surface area contributed by atoms with E-state index in [0.717, 1.165) is 42.7 Å². The van der Waals surface area contributed by atoms with Crippen LogP contribution in [0.3, 0.4) is 0 Å². The van der Waals surface area contributed by atoms with Gasteiger partial charge in [0.15, 0.2) is 0 Å². The number of aromatic nitrogens is 1. The molecule has 9 nitrogen and oxygen atoms in total. The zero-order chi connectivity index (χ0) is 30.5. The zero-order valence-electron chi connectivity index (χ0n) is 23.6. The van der Waals surface area contributed by atoms with E-state index in [1.165, 1.54) is 12.3 Å². The van der Waals surface area contributed by atoms with Crippen LogP contribution in [0.25, 0.3) is 10.9 Å². The second-order valence-corrected chi connectivity index (χ2v) is 11.5. The number of aryl methyl sites for hydroxylation is 1. The first-order chi connectivity index (χ1) is 19.8. The summed E-state index contributed by atoms with van der Waals surface area (Å²) in [4.78, 5) is 30.8. The molecule has 0 bridgehead atoms. The van der Waals surface area contributed by atoms with Crippen LogP contribution in [0, 0.1) is 0 Å². The van der Waals surface area contributed by atoms with Gasteiger partial charge in [-0.05, 0) is 49.4 Å². The monoisotopic (exact) mass is 586 g/mol. The third-order valence-electron chi connectivity index (χ3n) is 7.87. The molecule has 0 unspecified atom stereocenters. The summed E-state index contributed by atoms with van der Waals surface area (Å²) in [7, 11) is 2.08. The fraction of sp³-hybridized carbons (Fsp3) is 0.433. The topological polar surface area (TPSA) is 149 Å². The lowest BCUT2D eigenvalue weighted by atomic mass is 10.0. The molecule has 4 rings (SSSR count). The molecule has 0 radical (unpaired) electrons. The Morgan fingerprint density at radius 1 is 1.02 bits per heavy atom. The van der Waals surface area contributed by atoms with E-state index in [-0.39, 0.29) is 24.9 Å². The number of quaternary nitrogens is 1. The van der Waals surface area contributed by atoms with Crippen molar-refractivity contribution < 1.29 is 27.2 Å². The second kappa shape index (κ2) is 13.2. The lowest BCUT2D eigenvalue weighted by Crippen LogP contribution is -2.50. The minimum atomic E-state index is -4.48. The molecule has 3 aromatic rings. The fourth-order valence-electron chi connectivity index (χ4n) is 5.50. The number of nitrogens with two attached hydrogens (primary N) is 3. The van der Waals surface area contributed by atoms with E-state index in [0.29, 0.717) is 28.6 Å². The number of anilines is 1. The van der Waals surface area contributed by atoms with Gasteiger partial charge < -0.3 is 32.3 Å². The van der Waals surface area contributed by atoms with Gasteiger partial charge in [0.05, 0.1) is 67.8 Å². The molecule has 0 aliphatic carbocycles. The minimum Gasteiger partial charge on any atom is -0.343 e. The average Bonchev–Trinajstić information content (AvgIpc) is 3.20. The van der Waals surface area contributed by atoms with Crippen molar-refractivity contribution in [2.24, 2.45) is 17.2 Å². The molecule has 42 heavy (non-hydrogen) atoms. The van der Waals surface area contributed by atoms with Gasteiger partial charge in [0.25, 0.3) is 0 Å². The number of pyridine rings is 1. The number of amides is 2.